The van der Waals surface area contributed by atoms with Crippen molar-refractivity contribution in [3.8, 4) is 5.75 Å². The van der Waals surface area contributed by atoms with Gasteiger partial charge in [0.05, 0.1) is 13.5 Å². The number of piperidine rings is 1. The van der Waals surface area contributed by atoms with Crippen molar-refractivity contribution in [2.45, 2.75) is 25.7 Å². The molecule has 3 fully saturated rings. The fourth-order valence-electron chi connectivity index (χ4n) is 4.94. The van der Waals surface area contributed by atoms with E-state index in [0.717, 1.165) is 37.2 Å². The lowest BCUT2D eigenvalue weighted by atomic mass is 9.82. The lowest BCUT2D eigenvalue weighted by molar-refractivity contribution is -0.133. The van der Waals surface area contributed by atoms with Crippen molar-refractivity contribution >= 4 is 17.8 Å². The van der Waals surface area contributed by atoms with Gasteiger partial charge < -0.3 is 24.8 Å². The normalized spacial score (nSPS) is 24.0. The summed E-state index contributed by atoms with van der Waals surface area (Å²) in [6.07, 6.45) is 2.74. The molecule has 4 rings (SSSR count). The van der Waals surface area contributed by atoms with Gasteiger partial charge in [0.15, 0.2) is 0 Å². The number of likely N-dealkylation sites (tertiary alicyclic amines) is 2. The van der Waals surface area contributed by atoms with Gasteiger partial charge in [-0.2, -0.15) is 0 Å². The van der Waals surface area contributed by atoms with E-state index in [2.05, 4.69) is 5.32 Å². The van der Waals surface area contributed by atoms with Crippen molar-refractivity contribution in [3.05, 3.63) is 29.8 Å². The molecule has 0 unspecified atom stereocenters. The average molecular weight is 429 g/mol. The molecule has 0 radical (unpaired) electrons. The van der Waals surface area contributed by atoms with Crippen LogP contribution in [0.15, 0.2) is 24.3 Å². The Morgan fingerprint density at radius 2 is 1.77 bits per heavy atom. The molecule has 31 heavy (non-hydrogen) atoms. The molecular formula is C23H32N4O4. The number of benzene rings is 1. The number of hydrogen-bond acceptors (Lipinski definition) is 4. The third-order valence-corrected chi connectivity index (χ3v) is 6.90. The fraction of sp³-hybridized carbons (Fsp3) is 0.609. The zero-order chi connectivity index (χ0) is 21.8. The van der Waals surface area contributed by atoms with Crippen LogP contribution in [0.25, 0.3) is 0 Å². The monoisotopic (exact) mass is 428 g/mol. The van der Waals surface area contributed by atoms with Gasteiger partial charge in [0.2, 0.25) is 11.8 Å². The number of nitrogens with zero attached hydrogens (tertiary/aromatic N) is 3. The zero-order valence-corrected chi connectivity index (χ0v) is 18.2. The van der Waals surface area contributed by atoms with Crippen molar-refractivity contribution in [1.29, 1.82) is 0 Å². The van der Waals surface area contributed by atoms with E-state index in [1.807, 2.05) is 34.1 Å². The zero-order valence-electron chi connectivity index (χ0n) is 18.2. The SMILES string of the molecule is COc1ccc(CC(=O)N2CC[C@@H]3CC(=O)N(CCN4CCNC4=O)CC[C@H]3C2)cc1. The van der Waals surface area contributed by atoms with Gasteiger partial charge in [0.1, 0.15) is 5.75 Å². The Kier molecular flexibility index (Phi) is 6.63. The number of amides is 4. The van der Waals surface area contributed by atoms with E-state index in [4.69, 9.17) is 4.74 Å². The second-order valence-electron chi connectivity index (χ2n) is 8.77. The largest absolute Gasteiger partial charge is 0.497 e. The molecule has 3 aliphatic heterocycles. The Bertz CT molecular complexity index is 812. The number of ether oxygens (including phenoxy) is 1. The molecule has 168 valence electrons. The minimum Gasteiger partial charge on any atom is -0.497 e. The van der Waals surface area contributed by atoms with E-state index in [0.29, 0.717) is 57.4 Å². The second kappa shape index (κ2) is 9.58. The summed E-state index contributed by atoms with van der Waals surface area (Å²) in [6, 6.07) is 7.60. The van der Waals surface area contributed by atoms with Crippen LogP contribution >= 0.6 is 0 Å². The van der Waals surface area contributed by atoms with Gasteiger partial charge in [-0.15, -0.1) is 0 Å². The number of hydrogen-bond donors (Lipinski definition) is 1. The van der Waals surface area contributed by atoms with Crippen LogP contribution < -0.4 is 10.1 Å². The maximum Gasteiger partial charge on any atom is 0.317 e. The van der Waals surface area contributed by atoms with Crippen molar-refractivity contribution in [1.82, 2.24) is 20.0 Å². The molecule has 3 heterocycles. The Morgan fingerprint density at radius 3 is 2.48 bits per heavy atom. The third-order valence-electron chi connectivity index (χ3n) is 6.90. The number of fused-ring (bicyclic) bond motifs is 1. The van der Waals surface area contributed by atoms with Gasteiger partial charge in [0, 0.05) is 52.2 Å². The highest BCUT2D eigenvalue weighted by Gasteiger charge is 2.36. The van der Waals surface area contributed by atoms with E-state index in [9.17, 15) is 14.4 Å². The first-order valence-corrected chi connectivity index (χ1v) is 11.2. The topological polar surface area (TPSA) is 82.2 Å². The number of rotatable bonds is 6. The van der Waals surface area contributed by atoms with Crippen molar-refractivity contribution in [2.75, 3.05) is 52.9 Å². The van der Waals surface area contributed by atoms with Gasteiger partial charge in [-0.05, 0) is 42.4 Å². The van der Waals surface area contributed by atoms with E-state index in [1.165, 1.54) is 0 Å². The summed E-state index contributed by atoms with van der Waals surface area (Å²) in [7, 11) is 1.63. The third kappa shape index (κ3) is 5.11. The standard InChI is InChI=1S/C23H32N4O4/c1-31-20-4-2-17(3-5-20)14-21(28)27-10-6-18-15-22(29)25(9-7-19(18)16-27)12-13-26-11-8-24-23(26)30/h2-5,18-19H,6-16H2,1H3,(H,24,30)/t18-,19+/m1/s1. The van der Waals surface area contributed by atoms with E-state index in [-0.39, 0.29) is 17.8 Å². The molecule has 4 amide bonds. The molecule has 1 N–H and O–H groups in total. The maximum atomic E-state index is 12.9. The quantitative estimate of drug-likeness (QED) is 0.742. The molecule has 2 atom stereocenters. The van der Waals surface area contributed by atoms with Crippen LogP contribution in [-0.4, -0.2) is 85.5 Å². The average Bonchev–Trinajstić information content (AvgIpc) is 3.12. The summed E-state index contributed by atoms with van der Waals surface area (Å²) in [5.41, 5.74) is 0.987. The van der Waals surface area contributed by atoms with Crippen LogP contribution in [-0.2, 0) is 16.0 Å². The summed E-state index contributed by atoms with van der Waals surface area (Å²) in [6.45, 7) is 4.71. The maximum absolute atomic E-state index is 12.9. The number of urea groups is 1. The Labute approximate surface area is 183 Å². The molecule has 1 aromatic rings. The Balaban J connectivity index is 1.29. The molecule has 1 aromatic carbocycles. The van der Waals surface area contributed by atoms with Crippen LogP contribution in [0.1, 0.15) is 24.8 Å². The lowest BCUT2D eigenvalue weighted by Gasteiger charge is -2.37. The predicted octanol–water partition coefficient (Wildman–Crippen LogP) is 1.35. The molecule has 8 heteroatoms. The van der Waals surface area contributed by atoms with E-state index in [1.54, 1.807) is 12.0 Å². The fourth-order valence-corrected chi connectivity index (χ4v) is 4.94. The summed E-state index contributed by atoms with van der Waals surface area (Å²) in [5, 5.41) is 2.80. The minimum absolute atomic E-state index is 0.0399. The molecule has 3 saturated heterocycles. The summed E-state index contributed by atoms with van der Waals surface area (Å²) < 4.78 is 5.18. The first-order chi connectivity index (χ1) is 15.0. The number of methoxy groups -OCH3 is 1. The highest BCUT2D eigenvalue weighted by Crippen LogP contribution is 2.32. The molecule has 0 bridgehead atoms. The van der Waals surface area contributed by atoms with Crippen LogP contribution in [0, 0.1) is 11.8 Å². The van der Waals surface area contributed by atoms with Crippen molar-refractivity contribution in [2.24, 2.45) is 11.8 Å². The van der Waals surface area contributed by atoms with Gasteiger partial charge in [-0.1, -0.05) is 12.1 Å². The Morgan fingerprint density at radius 1 is 1.03 bits per heavy atom. The summed E-state index contributed by atoms with van der Waals surface area (Å²) in [4.78, 5) is 43.0. The molecule has 3 aliphatic rings. The van der Waals surface area contributed by atoms with Crippen LogP contribution in [0.4, 0.5) is 4.79 Å². The first-order valence-electron chi connectivity index (χ1n) is 11.2. The molecule has 0 saturated carbocycles. The minimum atomic E-state index is -0.0399. The van der Waals surface area contributed by atoms with Gasteiger partial charge in [-0.25, -0.2) is 4.79 Å². The van der Waals surface area contributed by atoms with Crippen LogP contribution in [0.5, 0.6) is 5.75 Å². The molecule has 0 aromatic heterocycles. The summed E-state index contributed by atoms with van der Waals surface area (Å²) >= 11 is 0. The van der Waals surface area contributed by atoms with Gasteiger partial charge in [-0.3, -0.25) is 9.59 Å². The number of carbonyl (C=O) groups is 3. The van der Waals surface area contributed by atoms with Crippen molar-refractivity contribution in [3.63, 3.8) is 0 Å². The molecular weight excluding hydrogens is 396 g/mol. The van der Waals surface area contributed by atoms with Gasteiger partial charge >= 0.3 is 6.03 Å². The molecule has 8 nitrogen and oxygen atoms in total. The molecule has 0 aliphatic carbocycles. The molecule has 0 spiro atoms. The highest BCUT2D eigenvalue weighted by atomic mass is 16.5. The van der Waals surface area contributed by atoms with E-state index < -0.39 is 0 Å². The smallest absolute Gasteiger partial charge is 0.317 e. The van der Waals surface area contributed by atoms with Crippen molar-refractivity contribution < 1.29 is 19.1 Å². The van der Waals surface area contributed by atoms with Gasteiger partial charge in [0.25, 0.3) is 0 Å². The number of nitrogens with one attached hydrogen (secondary N) is 1. The summed E-state index contributed by atoms with van der Waals surface area (Å²) in [5.74, 6) is 1.83. The Hall–Kier alpha value is -2.77. The second-order valence-corrected chi connectivity index (χ2v) is 8.77. The lowest BCUT2D eigenvalue weighted by Crippen LogP contribution is -2.44. The highest BCUT2D eigenvalue weighted by molar-refractivity contribution is 5.79. The number of carbonyl (C=O) groups excluding carboxylic acids is 3. The van der Waals surface area contributed by atoms with E-state index >= 15 is 0 Å². The van der Waals surface area contributed by atoms with Crippen LogP contribution in [0.3, 0.4) is 0 Å². The first kappa shape index (κ1) is 21.5. The van der Waals surface area contributed by atoms with Crippen LogP contribution in [0.2, 0.25) is 0 Å². The predicted molar refractivity (Wildman–Crippen MR) is 116 cm³/mol.